The number of anilines is 1. The smallest absolute Gasteiger partial charge is 0.548 e. The Morgan fingerprint density at radius 2 is 1.88 bits per heavy atom. The standard InChI is InChI=1S/C23H28F3N3O4.Li/c1-14-10-15(29(13-19(30)31)21(32)33-22(2,3)4)12-28(11-14)18-8-7-17(23(24,25)26)20-16(18)6-5-9-27-20;/h5-9,14-15H,10-13H2,1-4H3,(H,30,31);/q;+1/p-1/t14-,15+;/m0./s1. The molecule has 2 atom stereocenters. The predicted octanol–water partition coefficient (Wildman–Crippen LogP) is 0.459. The number of pyridine rings is 1. The molecule has 7 nitrogen and oxygen atoms in total. The van der Waals surface area contributed by atoms with Crippen molar-refractivity contribution in [1.29, 1.82) is 0 Å². The Morgan fingerprint density at radius 1 is 1.21 bits per heavy atom. The molecule has 11 heteroatoms. The molecule has 1 aliphatic heterocycles. The fourth-order valence-corrected chi connectivity index (χ4v) is 4.21. The normalized spacial score (nSPS) is 18.9. The number of aliphatic carboxylic acids is 1. The third-order valence-corrected chi connectivity index (χ3v) is 5.40. The van der Waals surface area contributed by atoms with Crippen LogP contribution in [0.3, 0.4) is 0 Å². The first kappa shape index (κ1) is 27.8. The van der Waals surface area contributed by atoms with Gasteiger partial charge in [0.1, 0.15) is 5.60 Å². The van der Waals surface area contributed by atoms with Gasteiger partial charge in [-0.05, 0) is 57.4 Å². The number of nitrogens with zero attached hydrogens (tertiary/aromatic N) is 3. The molecule has 0 aliphatic carbocycles. The van der Waals surface area contributed by atoms with Crippen LogP contribution in [-0.4, -0.2) is 53.2 Å². The number of fused-ring (bicyclic) bond motifs is 1. The number of alkyl halides is 3. The molecule has 1 aromatic carbocycles. The van der Waals surface area contributed by atoms with Crippen LogP contribution in [0.15, 0.2) is 30.5 Å². The molecule has 1 aromatic heterocycles. The Labute approximate surface area is 208 Å². The van der Waals surface area contributed by atoms with Gasteiger partial charge in [-0.15, -0.1) is 0 Å². The second kappa shape index (κ2) is 10.4. The zero-order valence-corrected chi connectivity index (χ0v) is 20.0. The summed E-state index contributed by atoms with van der Waals surface area (Å²) < 4.78 is 45.9. The number of halogens is 3. The van der Waals surface area contributed by atoms with Crippen molar-refractivity contribution in [2.45, 2.75) is 51.9 Å². The van der Waals surface area contributed by atoms with Crippen LogP contribution in [0.1, 0.15) is 39.7 Å². The van der Waals surface area contributed by atoms with Crippen LogP contribution in [0.25, 0.3) is 10.9 Å². The van der Waals surface area contributed by atoms with E-state index in [4.69, 9.17) is 4.74 Å². The summed E-state index contributed by atoms with van der Waals surface area (Å²) in [7, 11) is 0. The van der Waals surface area contributed by atoms with Crippen molar-refractivity contribution in [1.82, 2.24) is 9.88 Å². The minimum absolute atomic E-state index is 0. The first-order valence-corrected chi connectivity index (χ1v) is 10.7. The van der Waals surface area contributed by atoms with E-state index in [1.165, 1.54) is 12.3 Å². The Kier molecular flexibility index (Phi) is 8.54. The molecular formula is C23H27F3LiN3O4. The third kappa shape index (κ3) is 6.57. The maximum atomic E-state index is 13.5. The summed E-state index contributed by atoms with van der Waals surface area (Å²) in [4.78, 5) is 31.1. The zero-order valence-electron chi connectivity index (χ0n) is 20.0. The van der Waals surface area contributed by atoms with E-state index in [1.807, 2.05) is 11.8 Å². The Hall–Kier alpha value is -2.44. The van der Waals surface area contributed by atoms with Gasteiger partial charge in [0.25, 0.3) is 0 Å². The summed E-state index contributed by atoms with van der Waals surface area (Å²) >= 11 is 0. The van der Waals surface area contributed by atoms with Crippen LogP contribution in [0.2, 0.25) is 0 Å². The van der Waals surface area contributed by atoms with Crippen LogP contribution >= 0.6 is 0 Å². The fraction of sp³-hybridized carbons (Fsp3) is 0.522. The van der Waals surface area contributed by atoms with Crippen LogP contribution in [0.4, 0.5) is 23.7 Å². The molecule has 0 saturated carbocycles. The number of piperidine rings is 1. The van der Waals surface area contributed by atoms with Crippen molar-refractivity contribution in [3.63, 3.8) is 0 Å². The minimum atomic E-state index is -4.55. The van der Waals surface area contributed by atoms with Gasteiger partial charge in [-0.3, -0.25) is 9.88 Å². The van der Waals surface area contributed by atoms with E-state index in [9.17, 15) is 27.9 Å². The van der Waals surface area contributed by atoms with E-state index in [0.717, 1.165) is 11.0 Å². The molecule has 1 fully saturated rings. The molecule has 2 heterocycles. The fourth-order valence-electron chi connectivity index (χ4n) is 4.21. The largest absolute Gasteiger partial charge is 1.00 e. The van der Waals surface area contributed by atoms with E-state index in [2.05, 4.69) is 4.98 Å². The zero-order chi connectivity index (χ0) is 24.6. The van der Waals surface area contributed by atoms with Crippen molar-refractivity contribution in [3.8, 4) is 0 Å². The number of carbonyl (C=O) groups excluding carboxylic acids is 2. The summed E-state index contributed by atoms with van der Waals surface area (Å²) in [6, 6.07) is 5.02. The molecule has 180 valence electrons. The van der Waals surface area contributed by atoms with Gasteiger partial charge >= 0.3 is 31.1 Å². The van der Waals surface area contributed by atoms with Gasteiger partial charge in [-0.1, -0.05) is 6.92 Å². The van der Waals surface area contributed by atoms with Crippen molar-refractivity contribution >= 4 is 28.7 Å². The van der Waals surface area contributed by atoms with Gasteiger partial charge < -0.3 is 19.5 Å². The van der Waals surface area contributed by atoms with Crippen molar-refractivity contribution < 1.29 is 51.5 Å². The van der Waals surface area contributed by atoms with Crippen molar-refractivity contribution in [2.75, 3.05) is 24.5 Å². The molecule has 0 unspecified atom stereocenters. The van der Waals surface area contributed by atoms with Gasteiger partial charge in [0.15, 0.2) is 0 Å². The molecular weight excluding hydrogens is 446 g/mol. The molecule has 0 bridgehead atoms. The molecule has 0 spiro atoms. The Morgan fingerprint density at radius 3 is 2.47 bits per heavy atom. The van der Waals surface area contributed by atoms with E-state index in [1.54, 1.807) is 32.9 Å². The third-order valence-electron chi connectivity index (χ3n) is 5.40. The average molecular weight is 473 g/mol. The Bertz CT molecular complexity index is 1040. The SMILES string of the molecule is C[C@H]1C[C@@H](N(CC(=O)[O-])C(=O)OC(C)(C)C)CN(c2ccc(C(F)(F)F)c3ncccc23)C1.[Li+]. The van der Waals surface area contributed by atoms with Crippen molar-refractivity contribution in [2.24, 2.45) is 5.92 Å². The number of aromatic nitrogens is 1. The number of benzene rings is 1. The van der Waals surface area contributed by atoms with E-state index in [0.29, 0.717) is 24.0 Å². The number of carboxylic acids is 1. The molecule has 1 aliphatic rings. The monoisotopic (exact) mass is 473 g/mol. The second-order valence-electron chi connectivity index (χ2n) is 9.41. The summed E-state index contributed by atoms with van der Waals surface area (Å²) in [5.41, 5.74) is -1.26. The van der Waals surface area contributed by atoms with Gasteiger partial charge in [-0.25, -0.2) is 4.79 Å². The number of amides is 1. The summed E-state index contributed by atoms with van der Waals surface area (Å²) in [5.74, 6) is -1.39. The van der Waals surface area contributed by atoms with Gasteiger partial charge in [-0.2, -0.15) is 13.2 Å². The molecule has 1 saturated heterocycles. The van der Waals surface area contributed by atoms with Crippen LogP contribution in [-0.2, 0) is 15.7 Å². The Balaban J connectivity index is 0.00000408. The first-order chi connectivity index (χ1) is 15.3. The molecule has 0 radical (unpaired) electrons. The quantitative estimate of drug-likeness (QED) is 0.600. The molecule has 1 amide bonds. The van der Waals surface area contributed by atoms with Crippen molar-refractivity contribution in [3.05, 3.63) is 36.0 Å². The van der Waals surface area contributed by atoms with Gasteiger partial charge in [0.05, 0.1) is 29.6 Å². The number of carboxylic acid groups (broad SMARTS) is 1. The molecule has 3 rings (SSSR count). The number of hydrogen-bond donors (Lipinski definition) is 0. The predicted molar refractivity (Wildman–Crippen MR) is 114 cm³/mol. The average Bonchev–Trinajstić information content (AvgIpc) is 2.68. The number of carbonyl (C=O) groups is 2. The molecule has 0 N–H and O–H groups in total. The topological polar surface area (TPSA) is 85.8 Å². The summed E-state index contributed by atoms with van der Waals surface area (Å²) in [6.07, 6.45) is -3.50. The van der Waals surface area contributed by atoms with E-state index >= 15 is 0 Å². The van der Waals surface area contributed by atoms with E-state index < -0.39 is 42.0 Å². The van der Waals surface area contributed by atoms with Crippen LogP contribution in [0.5, 0.6) is 0 Å². The number of rotatable bonds is 4. The number of hydrogen-bond acceptors (Lipinski definition) is 6. The summed E-state index contributed by atoms with van der Waals surface area (Å²) in [5, 5.41) is 11.7. The first-order valence-electron chi connectivity index (χ1n) is 10.7. The number of ether oxygens (including phenoxy) is 1. The van der Waals surface area contributed by atoms with Crippen LogP contribution in [0, 0.1) is 5.92 Å². The molecule has 2 aromatic rings. The maximum Gasteiger partial charge on any atom is 1.00 e. The van der Waals surface area contributed by atoms with E-state index in [-0.39, 0.29) is 36.8 Å². The van der Waals surface area contributed by atoms with Crippen LogP contribution < -0.4 is 28.9 Å². The minimum Gasteiger partial charge on any atom is -0.548 e. The summed E-state index contributed by atoms with van der Waals surface area (Å²) in [6.45, 7) is 7.09. The second-order valence-corrected chi connectivity index (χ2v) is 9.41. The van der Waals surface area contributed by atoms with Gasteiger partial charge in [0, 0.05) is 30.4 Å². The maximum absolute atomic E-state index is 13.5. The van der Waals surface area contributed by atoms with Gasteiger partial charge in [0.2, 0.25) is 0 Å². The molecule has 34 heavy (non-hydrogen) atoms.